The third-order valence-corrected chi connectivity index (χ3v) is 7.93. The Morgan fingerprint density at radius 2 is 1.54 bits per heavy atom. The van der Waals surface area contributed by atoms with Crippen LogP contribution in [0.25, 0.3) is 0 Å². The van der Waals surface area contributed by atoms with Crippen molar-refractivity contribution in [1.82, 2.24) is 10.2 Å². The van der Waals surface area contributed by atoms with Gasteiger partial charge in [-0.05, 0) is 55.8 Å². The van der Waals surface area contributed by atoms with Crippen molar-refractivity contribution in [2.24, 2.45) is 0 Å². The van der Waals surface area contributed by atoms with Crippen molar-refractivity contribution >= 4 is 43.5 Å². The number of hydrogen-bond acceptors (Lipinski definition) is 4. The fraction of sp³-hybridized carbons (Fsp3) is 0.231. The Bertz CT molecular complexity index is 1260. The lowest BCUT2D eigenvalue weighted by molar-refractivity contribution is -0.139. The zero-order chi connectivity index (χ0) is 25.6. The van der Waals surface area contributed by atoms with Gasteiger partial charge in [-0.3, -0.25) is 13.9 Å². The van der Waals surface area contributed by atoms with Gasteiger partial charge in [-0.1, -0.05) is 64.0 Å². The number of rotatable bonds is 9. The van der Waals surface area contributed by atoms with Gasteiger partial charge >= 0.3 is 0 Å². The van der Waals surface area contributed by atoms with E-state index in [0.717, 1.165) is 19.9 Å². The quantitative estimate of drug-likeness (QED) is 0.428. The van der Waals surface area contributed by atoms with Crippen molar-refractivity contribution in [2.75, 3.05) is 17.9 Å². The number of anilines is 1. The Kier molecular flexibility index (Phi) is 8.69. The minimum absolute atomic E-state index is 0.0761. The Labute approximate surface area is 214 Å². The number of nitrogens with one attached hydrogen (secondary N) is 1. The number of sulfonamides is 1. The lowest BCUT2D eigenvalue weighted by Gasteiger charge is -2.31. The second-order valence-electron chi connectivity index (χ2n) is 8.10. The minimum atomic E-state index is -4.05. The summed E-state index contributed by atoms with van der Waals surface area (Å²) in [7, 11) is -2.55. The van der Waals surface area contributed by atoms with Gasteiger partial charge in [0.1, 0.15) is 12.6 Å². The van der Waals surface area contributed by atoms with Crippen LogP contribution in [-0.4, -0.2) is 44.8 Å². The lowest BCUT2D eigenvalue weighted by Crippen LogP contribution is -2.50. The highest BCUT2D eigenvalue weighted by molar-refractivity contribution is 9.10. The fourth-order valence-corrected chi connectivity index (χ4v) is 5.24. The number of carbonyl (C=O) groups excluding carboxylic acids is 2. The summed E-state index contributed by atoms with van der Waals surface area (Å²) < 4.78 is 29.2. The number of halogens is 1. The molecule has 3 rings (SSSR count). The van der Waals surface area contributed by atoms with Crippen molar-refractivity contribution < 1.29 is 18.0 Å². The summed E-state index contributed by atoms with van der Waals surface area (Å²) in [5.41, 5.74) is 2.14. The van der Waals surface area contributed by atoms with E-state index >= 15 is 0 Å². The molecule has 1 atom stereocenters. The maximum absolute atomic E-state index is 13.6. The molecule has 1 N–H and O–H groups in total. The molecule has 0 saturated carbocycles. The summed E-state index contributed by atoms with van der Waals surface area (Å²) in [5.74, 6) is -0.840. The molecular weight excluding hydrogens is 530 g/mol. The highest BCUT2D eigenvalue weighted by Crippen LogP contribution is 2.25. The molecule has 0 aliphatic carbocycles. The van der Waals surface area contributed by atoms with Crippen molar-refractivity contribution in [1.29, 1.82) is 0 Å². The fourth-order valence-electron chi connectivity index (χ4n) is 3.54. The predicted octanol–water partition coefficient (Wildman–Crippen LogP) is 4.12. The van der Waals surface area contributed by atoms with Crippen LogP contribution in [0.15, 0.2) is 88.2 Å². The van der Waals surface area contributed by atoms with E-state index < -0.39 is 28.5 Å². The minimum Gasteiger partial charge on any atom is -0.357 e. The van der Waals surface area contributed by atoms with E-state index in [9.17, 15) is 18.0 Å². The first-order valence-electron chi connectivity index (χ1n) is 11.0. The summed E-state index contributed by atoms with van der Waals surface area (Å²) in [4.78, 5) is 27.6. The Balaban J connectivity index is 2.00. The Hall–Kier alpha value is -3.17. The zero-order valence-electron chi connectivity index (χ0n) is 19.8. The number of likely N-dealkylation sites (N-methyl/N-ethyl adjacent to an activating group) is 1. The topological polar surface area (TPSA) is 86.8 Å². The van der Waals surface area contributed by atoms with Gasteiger partial charge in [0.2, 0.25) is 11.8 Å². The number of hydrogen-bond donors (Lipinski definition) is 1. The molecular formula is C26H28BrN3O4S. The molecule has 0 radical (unpaired) electrons. The molecule has 0 saturated heterocycles. The van der Waals surface area contributed by atoms with Crippen molar-refractivity contribution in [2.45, 2.75) is 31.3 Å². The van der Waals surface area contributed by atoms with Crippen LogP contribution in [0, 0.1) is 6.92 Å². The smallest absolute Gasteiger partial charge is 0.264 e. The number of nitrogens with zero attached hydrogens (tertiary/aromatic N) is 2. The van der Waals surface area contributed by atoms with Gasteiger partial charge in [0.25, 0.3) is 10.0 Å². The van der Waals surface area contributed by atoms with Crippen LogP contribution in [0.3, 0.4) is 0 Å². The molecule has 0 spiro atoms. The highest BCUT2D eigenvalue weighted by Gasteiger charge is 2.32. The summed E-state index contributed by atoms with van der Waals surface area (Å²) in [6.45, 7) is 3.21. The maximum atomic E-state index is 13.6. The second-order valence-corrected chi connectivity index (χ2v) is 10.9. The van der Waals surface area contributed by atoms with E-state index in [1.807, 2.05) is 31.2 Å². The van der Waals surface area contributed by atoms with E-state index in [1.54, 1.807) is 49.4 Å². The molecule has 3 aromatic rings. The highest BCUT2D eigenvalue weighted by atomic mass is 79.9. The average Bonchev–Trinajstić information content (AvgIpc) is 2.87. The van der Waals surface area contributed by atoms with E-state index in [0.29, 0.717) is 5.69 Å². The van der Waals surface area contributed by atoms with Crippen molar-refractivity contribution in [3.8, 4) is 0 Å². The lowest BCUT2D eigenvalue weighted by atomic mass is 10.1. The molecule has 9 heteroatoms. The molecule has 3 aromatic carbocycles. The maximum Gasteiger partial charge on any atom is 0.264 e. The van der Waals surface area contributed by atoms with Gasteiger partial charge in [0, 0.05) is 18.1 Å². The second kappa shape index (κ2) is 11.5. The molecule has 0 aromatic heterocycles. The van der Waals surface area contributed by atoms with Gasteiger partial charge in [0.05, 0.1) is 10.6 Å². The third kappa shape index (κ3) is 6.49. The molecule has 184 valence electrons. The zero-order valence-corrected chi connectivity index (χ0v) is 22.2. The number of aryl methyl sites for hydroxylation is 1. The van der Waals surface area contributed by atoms with Gasteiger partial charge < -0.3 is 10.2 Å². The number of amides is 2. The van der Waals surface area contributed by atoms with Crippen molar-refractivity contribution in [3.63, 3.8) is 0 Å². The predicted molar refractivity (Wildman–Crippen MR) is 140 cm³/mol. The average molecular weight is 558 g/mol. The molecule has 2 amide bonds. The number of carbonyl (C=O) groups is 2. The summed E-state index contributed by atoms with van der Waals surface area (Å²) in [6.07, 6.45) is 0. The first-order valence-corrected chi connectivity index (χ1v) is 13.3. The van der Waals surface area contributed by atoms with Gasteiger partial charge in [-0.15, -0.1) is 0 Å². The number of benzene rings is 3. The first-order chi connectivity index (χ1) is 16.6. The van der Waals surface area contributed by atoms with Crippen LogP contribution in [-0.2, 0) is 26.2 Å². The Morgan fingerprint density at radius 3 is 2.11 bits per heavy atom. The molecule has 0 heterocycles. The SMILES string of the molecule is CNC(=O)[C@H](C)N(Cc1ccc(Br)cc1)C(=O)CN(c1ccc(C)cc1)S(=O)(=O)c1ccccc1. The van der Waals surface area contributed by atoms with Gasteiger partial charge in [-0.2, -0.15) is 0 Å². The van der Waals surface area contributed by atoms with E-state index in [4.69, 9.17) is 0 Å². The molecule has 0 aliphatic heterocycles. The summed E-state index contributed by atoms with van der Waals surface area (Å²) in [5, 5.41) is 2.57. The standard InChI is InChI=1S/C26H28BrN3O4S/c1-19-9-15-23(16-10-19)30(35(33,34)24-7-5-4-6-8-24)18-25(31)29(20(2)26(32)28-3)17-21-11-13-22(27)14-12-21/h4-16,20H,17-18H2,1-3H3,(H,28,32)/t20-/m0/s1. The monoisotopic (exact) mass is 557 g/mol. The largest absolute Gasteiger partial charge is 0.357 e. The van der Waals surface area contributed by atoms with E-state index in [1.165, 1.54) is 24.1 Å². The molecule has 0 bridgehead atoms. The molecule has 35 heavy (non-hydrogen) atoms. The third-order valence-electron chi connectivity index (χ3n) is 5.61. The first kappa shape index (κ1) is 26.4. The van der Waals surface area contributed by atoms with E-state index in [2.05, 4.69) is 21.2 Å². The summed E-state index contributed by atoms with van der Waals surface area (Å²) in [6, 6.07) is 21.5. The van der Waals surface area contributed by atoms with E-state index in [-0.39, 0.29) is 17.3 Å². The molecule has 7 nitrogen and oxygen atoms in total. The van der Waals surface area contributed by atoms with Crippen LogP contribution in [0.2, 0.25) is 0 Å². The Morgan fingerprint density at radius 1 is 0.943 bits per heavy atom. The summed E-state index contributed by atoms with van der Waals surface area (Å²) >= 11 is 3.39. The molecule has 0 unspecified atom stereocenters. The van der Waals surface area contributed by atoms with Crippen LogP contribution in [0.4, 0.5) is 5.69 Å². The van der Waals surface area contributed by atoms with Gasteiger partial charge in [-0.25, -0.2) is 8.42 Å². The van der Waals surface area contributed by atoms with Gasteiger partial charge in [0.15, 0.2) is 0 Å². The van der Waals surface area contributed by atoms with Crippen LogP contribution >= 0.6 is 15.9 Å². The molecule has 0 fully saturated rings. The molecule has 0 aliphatic rings. The van der Waals surface area contributed by atoms with Crippen LogP contribution in [0.1, 0.15) is 18.1 Å². The normalized spacial score (nSPS) is 12.0. The van der Waals surface area contributed by atoms with Crippen molar-refractivity contribution in [3.05, 3.63) is 94.5 Å². The van der Waals surface area contributed by atoms with Crippen LogP contribution < -0.4 is 9.62 Å². The van der Waals surface area contributed by atoms with Crippen LogP contribution in [0.5, 0.6) is 0 Å².